The Hall–Kier alpha value is -1.27. The number of rotatable bonds is 3. The molecule has 0 unspecified atom stereocenters. The van der Waals surface area contributed by atoms with Gasteiger partial charge in [-0.2, -0.15) is 13.2 Å². The van der Waals surface area contributed by atoms with Crippen LogP contribution in [0.5, 0.6) is 0 Å². The predicted octanol–water partition coefficient (Wildman–Crippen LogP) is 0.624. The highest BCUT2D eigenvalue weighted by Crippen LogP contribution is 2.30. The van der Waals surface area contributed by atoms with E-state index in [9.17, 15) is 22.8 Å². The highest BCUT2D eigenvalue weighted by molar-refractivity contribution is 5.85. The number of hydrogen-bond donors (Lipinski definition) is 1. The predicted molar refractivity (Wildman–Crippen MR) is 38.4 cm³/mol. The Morgan fingerprint density at radius 3 is 2.14 bits per heavy atom. The number of carboxylic acids is 1. The van der Waals surface area contributed by atoms with E-state index in [-0.39, 0.29) is 0 Å². The van der Waals surface area contributed by atoms with Gasteiger partial charge in [-0.15, -0.1) is 0 Å². The average Bonchev–Trinajstić information content (AvgIpc) is 2.79. The van der Waals surface area contributed by atoms with Gasteiger partial charge in [0, 0.05) is 6.04 Å². The lowest BCUT2D eigenvalue weighted by Crippen LogP contribution is -2.45. The Morgan fingerprint density at radius 1 is 1.36 bits per heavy atom. The Balaban J connectivity index is 2.67. The third-order valence-electron chi connectivity index (χ3n) is 1.80. The van der Waals surface area contributed by atoms with Crippen molar-refractivity contribution in [3.8, 4) is 0 Å². The Kier molecular flexibility index (Phi) is 2.68. The van der Waals surface area contributed by atoms with Crippen molar-refractivity contribution in [2.75, 3.05) is 6.54 Å². The molecular formula is C7H8F3NO3. The molecule has 80 valence electrons. The van der Waals surface area contributed by atoms with Gasteiger partial charge in [0.2, 0.25) is 0 Å². The topological polar surface area (TPSA) is 57.6 Å². The third kappa shape index (κ3) is 2.61. The summed E-state index contributed by atoms with van der Waals surface area (Å²) < 4.78 is 35.9. The molecule has 0 aromatic heterocycles. The summed E-state index contributed by atoms with van der Waals surface area (Å²) in [6.07, 6.45) is -4.11. The lowest BCUT2D eigenvalue weighted by Gasteiger charge is -2.21. The van der Waals surface area contributed by atoms with Crippen molar-refractivity contribution in [1.29, 1.82) is 0 Å². The molecule has 1 aliphatic rings. The third-order valence-corrected chi connectivity index (χ3v) is 1.80. The van der Waals surface area contributed by atoms with Crippen LogP contribution in [0.1, 0.15) is 12.8 Å². The molecule has 0 aliphatic heterocycles. The van der Waals surface area contributed by atoms with Crippen LogP contribution in [0.2, 0.25) is 0 Å². The van der Waals surface area contributed by atoms with Crippen LogP contribution in [0.15, 0.2) is 0 Å². The molecule has 7 heteroatoms. The first-order valence-electron chi connectivity index (χ1n) is 3.92. The summed E-state index contributed by atoms with van der Waals surface area (Å²) in [6, 6.07) is -0.555. The zero-order chi connectivity index (χ0) is 10.9. The maximum absolute atomic E-state index is 12.0. The molecule has 0 bridgehead atoms. The molecule has 0 aromatic carbocycles. The molecule has 0 spiro atoms. The van der Waals surface area contributed by atoms with E-state index < -0.39 is 30.6 Å². The van der Waals surface area contributed by atoms with E-state index in [4.69, 9.17) is 5.11 Å². The Labute approximate surface area is 77.3 Å². The van der Waals surface area contributed by atoms with Crippen LogP contribution in [0.3, 0.4) is 0 Å². The number of carbonyl (C=O) groups excluding carboxylic acids is 1. The van der Waals surface area contributed by atoms with Crippen molar-refractivity contribution in [2.45, 2.75) is 25.1 Å². The minimum absolute atomic E-state index is 0.363. The minimum Gasteiger partial charge on any atom is -0.480 e. The molecule has 14 heavy (non-hydrogen) atoms. The zero-order valence-electron chi connectivity index (χ0n) is 7.04. The van der Waals surface area contributed by atoms with E-state index in [1.54, 1.807) is 0 Å². The summed E-state index contributed by atoms with van der Waals surface area (Å²) in [5, 5.41) is 8.31. The fraction of sp³-hybridized carbons (Fsp3) is 0.714. The number of hydrogen-bond acceptors (Lipinski definition) is 2. The summed E-state index contributed by atoms with van der Waals surface area (Å²) in [4.78, 5) is 21.3. The largest absolute Gasteiger partial charge is 0.480 e. The molecule has 0 atom stereocenters. The number of aliphatic carboxylic acids is 1. The number of carboxylic acid groups (broad SMARTS) is 1. The van der Waals surface area contributed by atoms with Crippen molar-refractivity contribution >= 4 is 11.9 Å². The first-order chi connectivity index (χ1) is 6.32. The number of amides is 1. The molecule has 0 saturated heterocycles. The highest BCUT2D eigenvalue weighted by Gasteiger charge is 2.47. The zero-order valence-corrected chi connectivity index (χ0v) is 7.04. The summed E-state index contributed by atoms with van der Waals surface area (Å²) in [5.74, 6) is -3.50. The molecule has 1 aliphatic carbocycles. The Morgan fingerprint density at radius 2 is 1.86 bits per heavy atom. The molecule has 4 nitrogen and oxygen atoms in total. The van der Waals surface area contributed by atoms with Gasteiger partial charge in [-0.25, -0.2) is 0 Å². The van der Waals surface area contributed by atoms with Gasteiger partial charge in [-0.3, -0.25) is 9.59 Å². The quantitative estimate of drug-likeness (QED) is 0.744. The molecule has 0 radical (unpaired) electrons. The highest BCUT2D eigenvalue weighted by atomic mass is 19.4. The van der Waals surface area contributed by atoms with E-state index in [2.05, 4.69) is 0 Å². The fourth-order valence-electron chi connectivity index (χ4n) is 1.06. The van der Waals surface area contributed by atoms with Crippen LogP contribution in [0, 0.1) is 0 Å². The first-order valence-corrected chi connectivity index (χ1v) is 3.92. The number of alkyl halides is 3. The van der Waals surface area contributed by atoms with Crippen LogP contribution < -0.4 is 0 Å². The van der Waals surface area contributed by atoms with Gasteiger partial charge in [-0.05, 0) is 12.8 Å². The second kappa shape index (κ2) is 3.47. The van der Waals surface area contributed by atoms with Crippen LogP contribution in [-0.4, -0.2) is 40.6 Å². The van der Waals surface area contributed by atoms with Crippen LogP contribution in [0.25, 0.3) is 0 Å². The van der Waals surface area contributed by atoms with Crippen LogP contribution in [0.4, 0.5) is 13.2 Å². The van der Waals surface area contributed by atoms with Gasteiger partial charge < -0.3 is 10.0 Å². The van der Waals surface area contributed by atoms with Crippen LogP contribution >= 0.6 is 0 Å². The van der Waals surface area contributed by atoms with Gasteiger partial charge in [0.25, 0.3) is 0 Å². The number of carbonyl (C=O) groups is 2. The van der Waals surface area contributed by atoms with E-state index in [0.717, 1.165) is 0 Å². The molecule has 1 rings (SSSR count). The number of nitrogens with zero attached hydrogens (tertiary/aromatic N) is 1. The first kappa shape index (κ1) is 10.8. The number of halogens is 3. The smallest absolute Gasteiger partial charge is 0.471 e. The van der Waals surface area contributed by atoms with Crippen LogP contribution in [-0.2, 0) is 9.59 Å². The molecule has 1 fully saturated rings. The van der Waals surface area contributed by atoms with E-state index >= 15 is 0 Å². The van der Waals surface area contributed by atoms with E-state index in [1.165, 1.54) is 0 Å². The van der Waals surface area contributed by atoms with Gasteiger partial charge >= 0.3 is 18.1 Å². The Bertz CT molecular complexity index is 259. The average molecular weight is 211 g/mol. The molecular weight excluding hydrogens is 203 g/mol. The van der Waals surface area contributed by atoms with E-state index in [0.29, 0.717) is 17.7 Å². The summed E-state index contributed by atoms with van der Waals surface area (Å²) in [7, 11) is 0. The van der Waals surface area contributed by atoms with Crippen molar-refractivity contribution in [1.82, 2.24) is 4.90 Å². The molecule has 0 aromatic rings. The van der Waals surface area contributed by atoms with Crippen molar-refractivity contribution in [3.63, 3.8) is 0 Å². The lowest BCUT2D eigenvalue weighted by molar-refractivity contribution is -0.187. The standard InChI is InChI=1S/C7H8F3NO3/c8-7(9,10)6(14)11(3-5(12)13)4-1-2-4/h4H,1-3H2,(H,12,13). The molecule has 1 N–H and O–H groups in total. The van der Waals surface area contributed by atoms with Crippen molar-refractivity contribution in [2.24, 2.45) is 0 Å². The minimum atomic E-state index is -4.99. The van der Waals surface area contributed by atoms with E-state index in [1.807, 2.05) is 0 Å². The second-order valence-corrected chi connectivity index (χ2v) is 3.06. The molecule has 1 saturated carbocycles. The normalized spacial score (nSPS) is 16.5. The fourth-order valence-corrected chi connectivity index (χ4v) is 1.06. The maximum Gasteiger partial charge on any atom is 0.471 e. The monoisotopic (exact) mass is 211 g/mol. The van der Waals surface area contributed by atoms with Gasteiger partial charge in [0.1, 0.15) is 6.54 Å². The van der Waals surface area contributed by atoms with Crippen molar-refractivity contribution < 1.29 is 27.9 Å². The summed E-state index contributed by atoms with van der Waals surface area (Å²) in [6.45, 7) is -0.886. The van der Waals surface area contributed by atoms with Gasteiger partial charge in [0.15, 0.2) is 0 Å². The summed E-state index contributed by atoms with van der Waals surface area (Å²) >= 11 is 0. The maximum atomic E-state index is 12.0. The van der Waals surface area contributed by atoms with Gasteiger partial charge in [0.05, 0.1) is 0 Å². The lowest BCUT2D eigenvalue weighted by atomic mass is 10.4. The molecule has 0 heterocycles. The second-order valence-electron chi connectivity index (χ2n) is 3.06. The van der Waals surface area contributed by atoms with Crippen molar-refractivity contribution in [3.05, 3.63) is 0 Å². The molecule has 1 amide bonds. The van der Waals surface area contributed by atoms with Gasteiger partial charge in [-0.1, -0.05) is 0 Å². The SMILES string of the molecule is O=C(O)CN(C(=O)C(F)(F)F)C1CC1. The summed E-state index contributed by atoms with van der Waals surface area (Å²) in [5.41, 5.74) is 0.